The molecule has 2 aliphatic rings. The number of rotatable bonds is 6. The van der Waals surface area contributed by atoms with Crippen LogP contribution in [0.15, 0.2) is 41.1 Å². The first-order valence-corrected chi connectivity index (χ1v) is 10.4. The summed E-state index contributed by atoms with van der Waals surface area (Å²) >= 11 is 1.76. The van der Waals surface area contributed by atoms with Gasteiger partial charge < -0.3 is 9.84 Å². The second-order valence-electron chi connectivity index (χ2n) is 7.28. The Morgan fingerprint density at radius 1 is 1.20 bits per heavy atom. The van der Waals surface area contributed by atoms with Crippen molar-refractivity contribution in [3.8, 4) is 0 Å². The topological polar surface area (TPSA) is 32.7 Å². The van der Waals surface area contributed by atoms with Crippen molar-refractivity contribution in [1.29, 1.82) is 0 Å². The molecule has 1 aromatic carbocycles. The number of benzene rings is 1. The minimum Gasteiger partial charge on any atom is -0.389 e. The summed E-state index contributed by atoms with van der Waals surface area (Å²) < 4.78 is 6.13. The lowest BCUT2D eigenvalue weighted by Gasteiger charge is -2.29. The van der Waals surface area contributed by atoms with E-state index in [2.05, 4.69) is 46.0 Å². The fourth-order valence-electron chi connectivity index (χ4n) is 4.32. The lowest BCUT2D eigenvalue weighted by Crippen LogP contribution is -2.35. The monoisotopic (exact) mass is 357 g/mol. The summed E-state index contributed by atoms with van der Waals surface area (Å²) in [7, 11) is 0. The molecule has 4 heteroatoms. The molecule has 1 aliphatic carbocycles. The number of fused-ring (bicyclic) bond motifs is 1. The predicted molar refractivity (Wildman–Crippen MR) is 102 cm³/mol. The van der Waals surface area contributed by atoms with Crippen LogP contribution in [0.1, 0.15) is 54.5 Å². The van der Waals surface area contributed by atoms with E-state index in [9.17, 15) is 5.11 Å². The van der Waals surface area contributed by atoms with Crippen molar-refractivity contribution in [2.24, 2.45) is 0 Å². The van der Waals surface area contributed by atoms with Crippen molar-refractivity contribution in [3.05, 3.63) is 57.8 Å². The average Bonchev–Trinajstić information content (AvgIpc) is 3.31. The van der Waals surface area contributed by atoms with Crippen molar-refractivity contribution in [1.82, 2.24) is 4.90 Å². The summed E-state index contributed by atoms with van der Waals surface area (Å²) in [6.45, 7) is 2.20. The van der Waals surface area contributed by atoms with E-state index in [1.54, 1.807) is 11.3 Å². The molecule has 4 rings (SSSR count). The molecule has 134 valence electrons. The predicted octanol–water partition coefficient (Wildman–Crippen LogP) is 4.34. The number of likely N-dealkylation sites (tertiary alicyclic amines) is 1. The Hall–Kier alpha value is -1.20. The number of hydrogen-bond acceptors (Lipinski definition) is 4. The van der Waals surface area contributed by atoms with Gasteiger partial charge in [0.15, 0.2) is 0 Å². The van der Waals surface area contributed by atoms with E-state index in [1.165, 1.54) is 36.0 Å². The van der Waals surface area contributed by atoms with Gasteiger partial charge in [0.25, 0.3) is 0 Å². The van der Waals surface area contributed by atoms with E-state index in [0.29, 0.717) is 19.2 Å². The van der Waals surface area contributed by atoms with Crippen LogP contribution in [-0.2, 0) is 11.2 Å². The van der Waals surface area contributed by atoms with Crippen LogP contribution in [0.3, 0.4) is 0 Å². The van der Waals surface area contributed by atoms with Gasteiger partial charge in [-0.25, -0.2) is 0 Å². The number of aliphatic hydroxyl groups is 1. The van der Waals surface area contributed by atoms with Crippen LogP contribution < -0.4 is 0 Å². The molecule has 0 spiro atoms. The summed E-state index contributed by atoms with van der Waals surface area (Å²) in [5.74, 6) is 0. The number of ether oxygens (including phenoxy) is 1. The molecule has 25 heavy (non-hydrogen) atoms. The molecule has 1 aromatic heterocycles. The summed E-state index contributed by atoms with van der Waals surface area (Å²) in [5.41, 5.74) is 4.13. The zero-order valence-corrected chi connectivity index (χ0v) is 15.5. The van der Waals surface area contributed by atoms with Crippen LogP contribution in [-0.4, -0.2) is 35.8 Å². The van der Waals surface area contributed by atoms with Crippen molar-refractivity contribution in [2.75, 3.05) is 19.7 Å². The number of aliphatic hydroxyl groups excluding tert-OH is 1. The third-order valence-electron chi connectivity index (χ3n) is 5.54. The van der Waals surface area contributed by atoms with E-state index >= 15 is 0 Å². The summed E-state index contributed by atoms with van der Waals surface area (Å²) in [4.78, 5) is 2.42. The Kier molecular flexibility index (Phi) is 5.51. The van der Waals surface area contributed by atoms with Crippen molar-refractivity contribution < 1.29 is 9.84 Å². The van der Waals surface area contributed by atoms with Crippen LogP contribution in [0.25, 0.3) is 0 Å². The Labute approximate surface area is 154 Å². The van der Waals surface area contributed by atoms with Gasteiger partial charge in [-0.15, -0.1) is 0 Å². The SMILES string of the molecule is O[C@H](CO[C@H]1CCCc2ccccc21)CN1CCC[C@@H]1c1ccsc1. The van der Waals surface area contributed by atoms with Crippen LogP contribution in [0.2, 0.25) is 0 Å². The van der Waals surface area contributed by atoms with Gasteiger partial charge in [-0.1, -0.05) is 24.3 Å². The summed E-state index contributed by atoms with van der Waals surface area (Å²) in [6, 6.07) is 11.3. The molecule has 0 saturated carbocycles. The minimum atomic E-state index is -0.423. The molecule has 2 aromatic rings. The first-order valence-electron chi connectivity index (χ1n) is 9.45. The largest absolute Gasteiger partial charge is 0.389 e. The zero-order valence-electron chi connectivity index (χ0n) is 14.6. The van der Waals surface area contributed by atoms with Crippen LogP contribution in [0, 0.1) is 0 Å². The Morgan fingerprint density at radius 3 is 3.00 bits per heavy atom. The van der Waals surface area contributed by atoms with E-state index in [4.69, 9.17) is 4.74 Å². The smallest absolute Gasteiger partial charge is 0.0900 e. The van der Waals surface area contributed by atoms with Crippen molar-refractivity contribution in [2.45, 2.75) is 50.4 Å². The molecule has 2 heterocycles. The third kappa shape index (κ3) is 3.98. The first-order chi connectivity index (χ1) is 12.3. The second kappa shape index (κ2) is 8.00. The molecule has 1 N–H and O–H groups in total. The Morgan fingerprint density at radius 2 is 2.12 bits per heavy atom. The van der Waals surface area contributed by atoms with Gasteiger partial charge in [0.1, 0.15) is 0 Å². The normalized spacial score (nSPS) is 25.0. The lowest BCUT2D eigenvalue weighted by molar-refractivity contribution is -0.0294. The van der Waals surface area contributed by atoms with Crippen LogP contribution in [0.4, 0.5) is 0 Å². The van der Waals surface area contributed by atoms with Crippen LogP contribution >= 0.6 is 11.3 Å². The second-order valence-corrected chi connectivity index (χ2v) is 8.06. The molecule has 3 nitrogen and oxygen atoms in total. The quantitative estimate of drug-likeness (QED) is 0.835. The maximum Gasteiger partial charge on any atom is 0.0900 e. The number of thiophene rings is 1. The number of β-amino-alcohol motifs (C(OH)–C–C–N with tert-alkyl or cyclic N) is 1. The zero-order chi connectivity index (χ0) is 17.1. The highest BCUT2D eigenvalue weighted by molar-refractivity contribution is 7.07. The van der Waals surface area contributed by atoms with E-state index in [0.717, 1.165) is 19.4 Å². The molecule has 1 fully saturated rings. The van der Waals surface area contributed by atoms with E-state index in [1.807, 2.05) is 0 Å². The number of nitrogens with zero attached hydrogens (tertiary/aromatic N) is 1. The lowest BCUT2D eigenvalue weighted by atomic mass is 9.89. The maximum atomic E-state index is 10.5. The Balaban J connectivity index is 1.32. The molecular formula is C21H27NO2S. The fourth-order valence-corrected chi connectivity index (χ4v) is 5.03. The molecule has 0 radical (unpaired) electrons. The highest BCUT2D eigenvalue weighted by Gasteiger charge is 2.28. The number of hydrogen-bond donors (Lipinski definition) is 1. The molecule has 0 amide bonds. The fraction of sp³-hybridized carbons (Fsp3) is 0.524. The maximum absolute atomic E-state index is 10.5. The van der Waals surface area contributed by atoms with Crippen molar-refractivity contribution in [3.63, 3.8) is 0 Å². The first kappa shape index (κ1) is 17.2. The highest BCUT2D eigenvalue weighted by Crippen LogP contribution is 2.34. The Bertz CT molecular complexity index is 672. The van der Waals surface area contributed by atoms with Gasteiger partial charge in [0.05, 0.1) is 18.8 Å². The third-order valence-corrected chi connectivity index (χ3v) is 6.24. The molecule has 3 atom stereocenters. The minimum absolute atomic E-state index is 0.144. The molecule has 1 aliphatic heterocycles. The van der Waals surface area contributed by atoms with Gasteiger partial charge in [-0.05, 0) is 72.2 Å². The standard InChI is InChI=1S/C21H27NO2S/c23-18(13-22-11-4-8-20(22)17-10-12-25-15-17)14-24-21-9-3-6-16-5-1-2-7-19(16)21/h1-2,5,7,10,12,15,18,20-21,23H,3-4,6,8-9,11,13-14H2/t18-,20+,21-/m0/s1. The molecular weight excluding hydrogens is 330 g/mol. The summed E-state index contributed by atoms with van der Waals surface area (Å²) in [6.07, 6.45) is 5.51. The van der Waals surface area contributed by atoms with Crippen molar-refractivity contribution >= 4 is 11.3 Å². The van der Waals surface area contributed by atoms with Gasteiger partial charge in [-0.3, -0.25) is 4.90 Å². The van der Waals surface area contributed by atoms with Gasteiger partial charge in [0, 0.05) is 12.6 Å². The number of aryl methyl sites for hydroxylation is 1. The summed E-state index contributed by atoms with van der Waals surface area (Å²) in [5, 5.41) is 14.9. The van der Waals surface area contributed by atoms with Crippen LogP contribution in [0.5, 0.6) is 0 Å². The van der Waals surface area contributed by atoms with Gasteiger partial charge in [-0.2, -0.15) is 11.3 Å². The highest BCUT2D eigenvalue weighted by atomic mass is 32.1. The average molecular weight is 358 g/mol. The molecule has 1 saturated heterocycles. The van der Waals surface area contributed by atoms with Gasteiger partial charge in [0.2, 0.25) is 0 Å². The van der Waals surface area contributed by atoms with E-state index in [-0.39, 0.29) is 6.10 Å². The van der Waals surface area contributed by atoms with Gasteiger partial charge >= 0.3 is 0 Å². The molecule has 0 bridgehead atoms. The van der Waals surface area contributed by atoms with E-state index < -0.39 is 6.10 Å². The molecule has 0 unspecified atom stereocenters.